The summed E-state index contributed by atoms with van der Waals surface area (Å²) < 4.78 is 10.6. The van der Waals surface area contributed by atoms with Crippen molar-refractivity contribution in [3.8, 4) is 5.75 Å². The summed E-state index contributed by atoms with van der Waals surface area (Å²) in [5.74, 6) is 7.18. The zero-order chi connectivity index (χ0) is 12.3. The second kappa shape index (κ2) is 5.15. The molecule has 3 N–H and O–H groups in total. The Morgan fingerprint density at radius 2 is 2.29 bits per heavy atom. The largest absolute Gasteiger partial charge is 0.490 e. The van der Waals surface area contributed by atoms with Gasteiger partial charge in [-0.1, -0.05) is 0 Å². The third-order valence-corrected chi connectivity index (χ3v) is 2.90. The number of nitrogens with zero attached hydrogens (tertiary/aromatic N) is 3. The number of nitrogens with one attached hydrogen (secondary N) is 1. The Bertz CT molecular complexity index is 387. The van der Waals surface area contributed by atoms with E-state index in [1.807, 2.05) is 0 Å². The lowest BCUT2D eigenvalue weighted by molar-refractivity contribution is 0.121. The summed E-state index contributed by atoms with van der Waals surface area (Å²) in [6.07, 6.45) is 2.69. The molecule has 0 amide bonds. The number of hydrogen-bond acceptors (Lipinski definition) is 7. The molecule has 1 aliphatic heterocycles. The fourth-order valence-electron chi connectivity index (χ4n) is 1.99. The number of nitrogens with two attached hydrogens (primary N) is 1. The number of aromatic nitrogens is 2. The number of ether oxygens (including phenoxy) is 2. The van der Waals surface area contributed by atoms with Gasteiger partial charge in [0.25, 0.3) is 0 Å². The predicted octanol–water partition coefficient (Wildman–Crippen LogP) is -0.00410. The summed E-state index contributed by atoms with van der Waals surface area (Å²) in [6.45, 7) is 1.68. The Morgan fingerprint density at radius 1 is 1.47 bits per heavy atom. The van der Waals surface area contributed by atoms with Gasteiger partial charge >= 0.3 is 0 Å². The Labute approximate surface area is 99.9 Å². The molecule has 0 radical (unpaired) electrons. The molecule has 1 saturated heterocycles. The molecule has 1 unspecified atom stereocenters. The maximum absolute atomic E-state index is 5.38. The lowest BCUT2D eigenvalue weighted by Gasteiger charge is -2.20. The Balaban J connectivity index is 2.26. The van der Waals surface area contributed by atoms with Crippen LogP contribution in [0.15, 0.2) is 6.33 Å². The lowest BCUT2D eigenvalue weighted by Crippen LogP contribution is -2.24. The maximum Gasteiger partial charge on any atom is 0.205 e. The van der Waals surface area contributed by atoms with Crippen LogP contribution >= 0.6 is 0 Å². The molecule has 1 atom stereocenters. The molecule has 0 aromatic carbocycles. The quantitative estimate of drug-likeness (QED) is 0.564. The van der Waals surface area contributed by atoms with Gasteiger partial charge in [0.15, 0.2) is 11.6 Å². The highest BCUT2D eigenvalue weighted by Crippen LogP contribution is 2.33. The standard InChI is InChI=1S/C10H17N5O2/c1-16-7-3-4-15(5-7)10-8(17-2)9(14-11)12-6-13-10/h6-7H,3-5,11H2,1-2H3,(H,12,13,14). The lowest BCUT2D eigenvalue weighted by atomic mass is 10.3. The number of hydrogen-bond donors (Lipinski definition) is 2. The summed E-state index contributed by atoms with van der Waals surface area (Å²) >= 11 is 0. The molecule has 1 fully saturated rings. The average molecular weight is 239 g/mol. The van der Waals surface area contributed by atoms with Crippen LogP contribution in [0.5, 0.6) is 5.75 Å². The van der Waals surface area contributed by atoms with Crippen LogP contribution in [-0.2, 0) is 4.74 Å². The molecule has 2 heterocycles. The highest BCUT2D eigenvalue weighted by molar-refractivity contribution is 5.64. The normalized spacial score (nSPS) is 19.5. The fraction of sp³-hybridized carbons (Fsp3) is 0.600. The van der Waals surface area contributed by atoms with Crippen LogP contribution in [0.4, 0.5) is 11.6 Å². The molecule has 1 aromatic rings. The van der Waals surface area contributed by atoms with Crippen LogP contribution in [0, 0.1) is 0 Å². The molecule has 1 aromatic heterocycles. The second-order valence-corrected chi connectivity index (χ2v) is 3.82. The van der Waals surface area contributed by atoms with E-state index in [1.165, 1.54) is 6.33 Å². The summed E-state index contributed by atoms with van der Waals surface area (Å²) in [4.78, 5) is 10.4. The van der Waals surface area contributed by atoms with Crippen LogP contribution in [0.2, 0.25) is 0 Å². The van der Waals surface area contributed by atoms with E-state index < -0.39 is 0 Å². The molecule has 7 heteroatoms. The van der Waals surface area contributed by atoms with Crippen LogP contribution < -0.4 is 20.9 Å². The van der Waals surface area contributed by atoms with E-state index in [0.717, 1.165) is 25.3 Å². The van der Waals surface area contributed by atoms with Crippen molar-refractivity contribution in [2.45, 2.75) is 12.5 Å². The van der Waals surface area contributed by atoms with Crippen molar-refractivity contribution in [1.82, 2.24) is 9.97 Å². The summed E-state index contributed by atoms with van der Waals surface area (Å²) in [5, 5.41) is 0. The van der Waals surface area contributed by atoms with E-state index in [1.54, 1.807) is 14.2 Å². The van der Waals surface area contributed by atoms with Gasteiger partial charge in [-0.15, -0.1) is 0 Å². The molecule has 2 rings (SSSR count). The van der Waals surface area contributed by atoms with Crippen molar-refractivity contribution in [1.29, 1.82) is 0 Å². The van der Waals surface area contributed by atoms with Crippen molar-refractivity contribution in [2.24, 2.45) is 5.84 Å². The maximum atomic E-state index is 5.38. The molecule has 0 bridgehead atoms. The van der Waals surface area contributed by atoms with Gasteiger partial charge in [-0.25, -0.2) is 15.8 Å². The van der Waals surface area contributed by atoms with Gasteiger partial charge in [-0.3, -0.25) is 0 Å². The molecule has 17 heavy (non-hydrogen) atoms. The van der Waals surface area contributed by atoms with E-state index in [4.69, 9.17) is 15.3 Å². The first-order chi connectivity index (χ1) is 8.30. The van der Waals surface area contributed by atoms with Gasteiger partial charge in [0.1, 0.15) is 6.33 Å². The first kappa shape index (κ1) is 11.9. The smallest absolute Gasteiger partial charge is 0.205 e. The SMILES string of the molecule is COc1c(NN)ncnc1N1CCC(OC)C1. The van der Waals surface area contributed by atoms with Crippen molar-refractivity contribution < 1.29 is 9.47 Å². The monoisotopic (exact) mass is 239 g/mol. The van der Waals surface area contributed by atoms with E-state index >= 15 is 0 Å². The molecule has 94 valence electrons. The highest BCUT2D eigenvalue weighted by atomic mass is 16.5. The van der Waals surface area contributed by atoms with Gasteiger partial charge in [0, 0.05) is 20.2 Å². The zero-order valence-electron chi connectivity index (χ0n) is 10.0. The van der Waals surface area contributed by atoms with E-state index in [-0.39, 0.29) is 6.10 Å². The second-order valence-electron chi connectivity index (χ2n) is 3.82. The molecule has 0 aliphatic carbocycles. The van der Waals surface area contributed by atoms with Crippen LogP contribution in [0.3, 0.4) is 0 Å². The molecule has 0 spiro atoms. The van der Waals surface area contributed by atoms with Crippen LogP contribution in [-0.4, -0.2) is 43.4 Å². The first-order valence-electron chi connectivity index (χ1n) is 5.43. The van der Waals surface area contributed by atoms with Crippen LogP contribution in [0.25, 0.3) is 0 Å². The number of anilines is 2. The number of nitrogen functional groups attached to an aromatic ring is 1. The van der Waals surface area contributed by atoms with Crippen molar-refractivity contribution >= 4 is 11.6 Å². The van der Waals surface area contributed by atoms with Crippen molar-refractivity contribution in [3.05, 3.63) is 6.33 Å². The Morgan fingerprint density at radius 3 is 2.88 bits per heavy atom. The zero-order valence-corrected chi connectivity index (χ0v) is 10.0. The Kier molecular flexibility index (Phi) is 3.60. The number of hydrazine groups is 1. The van der Waals surface area contributed by atoms with Gasteiger partial charge < -0.3 is 19.8 Å². The van der Waals surface area contributed by atoms with E-state index in [0.29, 0.717) is 11.6 Å². The minimum atomic E-state index is 0.240. The van der Waals surface area contributed by atoms with E-state index in [2.05, 4.69) is 20.3 Å². The number of methoxy groups -OCH3 is 2. The molecular formula is C10H17N5O2. The molecule has 1 aliphatic rings. The predicted molar refractivity (Wildman–Crippen MR) is 64.0 cm³/mol. The molecular weight excluding hydrogens is 222 g/mol. The molecule has 7 nitrogen and oxygen atoms in total. The summed E-state index contributed by atoms with van der Waals surface area (Å²) in [6, 6.07) is 0. The van der Waals surface area contributed by atoms with E-state index in [9.17, 15) is 0 Å². The fourth-order valence-corrected chi connectivity index (χ4v) is 1.99. The molecule has 0 saturated carbocycles. The first-order valence-corrected chi connectivity index (χ1v) is 5.43. The van der Waals surface area contributed by atoms with Gasteiger partial charge in [-0.2, -0.15) is 0 Å². The highest BCUT2D eigenvalue weighted by Gasteiger charge is 2.26. The summed E-state index contributed by atoms with van der Waals surface area (Å²) in [5.41, 5.74) is 2.50. The summed E-state index contributed by atoms with van der Waals surface area (Å²) in [7, 11) is 3.30. The number of rotatable bonds is 4. The van der Waals surface area contributed by atoms with Gasteiger partial charge in [0.2, 0.25) is 5.75 Å². The third-order valence-electron chi connectivity index (χ3n) is 2.90. The van der Waals surface area contributed by atoms with Crippen molar-refractivity contribution in [3.63, 3.8) is 0 Å². The van der Waals surface area contributed by atoms with Gasteiger partial charge in [0.05, 0.1) is 13.2 Å². The van der Waals surface area contributed by atoms with Crippen molar-refractivity contribution in [2.75, 3.05) is 37.6 Å². The minimum Gasteiger partial charge on any atom is -0.490 e. The Hall–Kier alpha value is -1.60. The minimum absolute atomic E-state index is 0.240. The average Bonchev–Trinajstić information content (AvgIpc) is 2.86. The van der Waals surface area contributed by atoms with Gasteiger partial charge in [-0.05, 0) is 6.42 Å². The topological polar surface area (TPSA) is 85.5 Å². The van der Waals surface area contributed by atoms with Crippen LogP contribution in [0.1, 0.15) is 6.42 Å². The third kappa shape index (κ3) is 2.25.